The van der Waals surface area contributed by atoms with Gasteiger partial charge in [0.05, 0.1) is 0 Å². The molecule has 0 aliphatic heterocycles. The van der Waals surface area contributed by atoms with Crippen molar-refractivity contribution in [1.82, 2.24) is 0 Å². The van der Waals surface area contributed by atoms with Crippen molar-refractivity contribution in [2.45, 2.75) is 32.1 Å². The van der Waals surface area contributed by atoms with Crippen LogP contribution in [-0.4, -0.2) is 0 Å². The summed E-state index contributed by atoms with van der Waals surface area (Å²) < 4.78 is 0. The quantitative estimate of drug-likeness (QED) is 0.601. The molecule has 0 heterocycles. The molecule has 1 aromatic carbocycles. The highest BCUT2D eigenvalue weighted by molar-refractivity contribution is 5.28. The summed E-state index contributed by atoms with van der Waals surface area (Å²) in [7, 11) is 0. The number of rotatable bonds is 2. The maximum Gasteiger partial charge on any atom is -0.0161 e. The van der Waals surface area contributed by atoms with E-state index in [1.807, 2.05) is 0 Å². The SMILES string of the molecule is CCc1cccc(C2CC2)c1. The van der Waals surface area contributed by atoms with Gasteiger partial charge in [-0.25, -0.2) is 0 Å². The Bertz CT molecular complexity index is 246. The lowest BCUT2D eigenvalue weighted by Crippen LogP contribution is -1.83. The fraction of sp³-hybridized carbons (Fsp3) is 0.455. The summed E-state index contributed by atoms with van der Waals surface area (Å²) in [5, 5.41) is 0. The molecule has 0 amide bonds. The maximum absolute atomic E-state index is 2.36. The molecule has 1 aliphatic carbocycles. The Kier molecular flexibility index (Phi) is 1.69. The molecule has 58 valence electrons. The Morgan fingerprint density at radius 1 is 1.36 bits per heavy atom. The van der Waals surface area contributed by atoms with Gasteiger partial charge in [-0.15, -0.1) is 0 Å². The molecular formula is C11H14. The summed E-state index contributed by atoms with van der Waals surface area (Å²) in [4.78, 5) is 0. The summed E-state index contributed by atoms with van der Waals surface area (Å²) in [5.41, 5.74) is 3.04. The first-order valence-corrected chi connectivity index (χ1v) is 4.49. The van der Waals surface area contributed by atoms with Gasteiger partial charge in [-0.2, -0.15) is 0 Å². The van der Waals surface area contributed by atoms with Gasteiger partial charge in [0.2, 0.25) is 0 Å². The van der Waals surface area contributed by atoms with Crippen LogP contribution in [0.25, 0.3) is 0 Å². The minimum Gasteiger partial charge on any atom is -0.0617 e. The van der Waals surface area contributed by atoms with Gasteiger partial charge < -0.3 is 0 Å². The van der Waals surface area contributed by atoms with E-state index in [1.54, 1.807) is 5.56 Å². The van der Waals surface area contributed by atoms with Crippen LogP contribution in [0.5, 0.6) is 0 Å². The molecule has 0 radical (unpaired) electrons. The van der Waals surface area contributed by atoms with Gasteiger partial charge in [0.15, 0.2) is 0 Å². The lowest BCUT2D eigenvalue weighted by molar-refractivity contribution is 1.08. The van der Waals surface area contributed by atoms with Crippen molar-refractivity contribution >= 4 is 0 Å². The first kappa shape index (κ1) is 6.90. The lowest BCUT2D eigenvalue weighted by Gasteiger charge is -2.00. The molecule has 0 heteroatoms. The predicted octanol–water partition coefficient (Wildman–Crippen LogP) is 3.13. The van der Waals surface area contributed by atoms with E-state index in [0.29, 0.717) is 0 Å². The predicted molar refractivity (Wildman–Crippen MR) is 47.8 cm³/mol. The van der Waals surface area contributed by atoms with E-state index < -0.39 is 0 Å². The fourth-order valence-electron chi connectivity index (χ4n) is 1.48. The molecule has 0 aromatic heterocycles. The maximum atomic E-state index is 2.36. The molecule has 0 atom stereocenters. The highest BCUT2D eigenvalue weighted by atomic mass is 14.3. The number of aryl methyl sites for hydroxylation is 1. The topological polar surface area (TPSA) is 0 Å². The van der Waals surface area contributed by atoms with Crippen LogP contribution in [0.15, 0.2) is 24.3 Å². The van der Waals surface area contributed by atoms with Crippen molar-refractivity contribution in [2.75, 3.05) is 0 Å². The molecular weight excluding hydrogens is 132 g/mol. The zero-order chi connectivity index (χ0) is 7.68. The summed E-state index contributed by atoms with van der Waals surface area (Å²) in [6.07, 6.45) is 3.99. The minimum absolute atomic E-state index is 0.904. The molecule has 1 aromatic rings. The number of hydrogen-bond acceptors (Lipinski definition) is 0. The number of benzene rings is 1. The van der Waals surface area contributed by atoms with E-state index in [9.17, 15) is 0 Å². The molecule has 0 spiro atoms. The highest BCUT2D eigenvalue weighted by Gasteiger charge is 2.22. The Balaban J connectivity index is 2.26. The van der Waals surface area contributed by atoms with Gasteiger partial charge in [-0.3, -0.25) is 0 Å². The third-order valence-corrected chi connectivity index (χ3v) is 2.41. The van der Waals surface area contributed by atoms with E-state index in [4.69, 9.17) is 0 Å². The van der Waals surface area contributed by atoms with Crippen LogP contribution >= 0.6 is 0 Å². The second-order valence-electron chi connectivity index (χ2n) is 3.37. The van der Waals surface area contributed by atoms with E-state index >= 15 is 0 Å². The van der Waals surface area contributed by atoms with Crippen LogP contribution in [0.4, 0.5) is 0 Å². The zero-order valence-corrected chi connectivity index (χ0v) is 7.01. The molecule has 1 aliphatic rings. The Labute approximate surface area is 68.3 Å². The van der Waals surface area contributed by atoms with E-state index in [1.165, 1.54) is 24.8 Å². The second kappa shape index (κ2) is 2.69. The molecule has 0 unspecified atom stereocenters. The van der Waals surface area contributed by atoms with Gasteiger partial charge in [0, 0.05) is 0 Å². The third-order valence-electron chi connectivity index (χ3n) is 2.41. The van der Waals surface area contributed by atoms with E-state index in [-0.39, 0.29) is 0 Å². The molecule has 0 saturated heterocycles. The van der Waals surface area contributed by atoms with Crippen LogP contribution in [0.1, 0.15) is 36.8 Å². The monoisotopic (exact) mass is 146 g/mol. The van der Waals surface area contributed by atoms with Gasteiger partial charge in [0.1, 0.15) is 0 Å². The van der Waals surface area contributed by atoms with E-state index in [0.717, 1.165) is 5.92 Å². The van der Waals surface area contributed by atoms with Crippen LogP contribution in [0.2, 0.25) is 0 Å². The Hall–Kier alpha value is -0.780. The van der Waals surface area contributed by atoms with Crippen molar-refractivity contribution in [2.24, 2.45) is 0 Å². The summed E-state index contributed by atoms with van der Waals surface area (Å²) in [5.74, 6) is 0.904. The standard InChI is InChI=1S/C11H14/c1-2-9-4-3-5-11(8-9)10-6-7-10/h3-5,8,10H,2,6-7H2,1H3. The average molecular weight is 146 g/mol. The second-order valence-corrected chi connectivity index (χ2v) is 3.37. The first-order valence-electron chi connectivity index (χ1n) is 4.49. The van der Waals surface area contributed by atoms with Crippen molar-refractivity contribution in [3.8, 4) is 0 Å². The largest absolute Gasteiger partial charge is 0.0617 e. The van der Waals surface area contributed by atoms with Gasteiger partial charge in [-0.1, -0.05) is 31.2 Å². The molecule has 2 rings (SSSR count). The van der Waals surface area contributed by atoms with Crippen molar-refractivity contribution in [3.63, 3.8) is 0 Å². The number of hydrogen-bond donors (Lipinski definition) is 0. The van der Waals surface area contributed by atoms with E-state index in [2.05, 4.69) is 31.2 Å². The molecule has 1 fully saturated rings. The average Bonchev–Trinajstić information content (AvgIpc) is 2.87. The molecule has 0 nitrogen and oxygen atoms in total. The van der Waals surface area contributed by atoms with Gasteiger partial charge in [-0.05, 0) is 36.3 Å². The third kappa shape index (κ3) is 1.45. The smallest absolute Gasteiger partial charge is 0.0161 e. The fourth-order valence-corrected chi connectivity index (χ4v) is 1.48. The summed E-state index contributed by atoms with van der Waals surface area (Å²) >= 11 is 0. The van der Waals surface area contributed by atoms with Crippen LogP contribution in [0, 0.1) is 0 Å². The highest BCUT2D eigenvalue weighted by Crippen LogP contribution is 2.40. The van der Waals surface area contributed by atoms with Crippen LogP contribution < -0.4 is 0 Å². The zero-order valence-electron chi connectivity index (χ0n) is 7.01. The van der Waals surface area contributed by atoms with Gasteiger partial charge in [0.25, 0.3) is 0 Å². The first-order chi connectivity index (χ1) is 5.40. The molecule has 11 heavy (non-hydrogen) atoms. The van der Waals surface area contributed by atoms with Crippen molar-refractivity contribution < 1.29 is 0 Å². The lowest BCUT2D eigenvalue weighted by atomic mass is 10.1. The van der Waals surface area contributed by atoms with Crippen molar-refractivity contribution in [1.29, 1.82) is 0 Å². The minimum atomic E-state index is 0.904. The van der Waals surface area contributed by atoms with Gasteiger partial charge >= 0.3 is 0 Å². The van der Waals surface area contributed by atoms with Crippen molar-refractivity contribution in [3.05, 3.63) is 35.4 Å². The summed E-state index contributed by atoms with van der Waals surface area (Å²) in [6, 6.07) is 9.02. The Morgan fingerprint density at radius 3 is 2.82 bits per heavy atom. The Morgan fingerprint density at radius 2 is 2.18 bits per heavy atom. The summed E-state index contributed by atoms with van der Waals surface area (Å²) in [6.45, 7) is 2.21. The van der Waals surface area contributed by atoms with Crippen LogP contribution in [0.3, 0.4) is 0 Å². The normalized spacial score (nSPS) is 16.8. The van der Waals surface area contributed by atoms with Crippen LogP contribution in [-0.2, 0) is 6.42 Å². The molecule has 1 saturated carbocycles. The molecule has 0 N–H and O–H groups in total. The molecule has 0 bridgehead atoms.